The largest absolute Gasteiger partial charge is 0.493 e. The van der Waals surface area contributed by atoms with Crippen LogP contribution in [0.2, 0.25) is 0 Å². The second kappa shape index (κ2) is 8.43. The lowest BCUT2D eigenvalue weighted by atomic mass is 10.1. The highest BCUT2D eigenvalue weighted by Gasteiger charge is 2.19. The summed E-state index contributed by atoms with van der Waals surface area (Å²) >= 11 is 0. The second-order valence-corrected chi connectivity index (χ2v) is 6.98. The highest BCUT2D eigenvalue weighted by molar-refractivity contribution is 6.06. The SMILES string of the molecule is CCOc1ccccc1C(=O)Nc1cc(-c2nnc3n2CCCCC3)ccc1F. The molecule has 6 nitrogen and oxygen atoms in total. The Morgan fingerprint density at radius 2 is 2.03 bits per heavy atom. The van der Waals surface area contributed by atoms with Crippen molar-refractivity contribution in [3.63, 3.8) is 0 Å². The zero-order chi connectivity index (χ0) is 20.2. The van der Waals surface area contributed by atoms with Gasteiger partial charge in [0.05, 0.1) is 17.9 Å². The lowest BCUT2D eigenvalue weighted by Crippen LogP contribution is -2.15. The molecule has 0 spiro atoms. The summed E-state index contributed by atoms with van der Waals surface area (Å²) in [6.45, 7) is 3.13. The van der Waals surface area contributed by atoms with Gasteiger partial charge in [-0.1, -0.05) is 18.6 Å². The molecule has 1 amide bonds. The van der Waals surface area contributed by atoms with Crippen molar-refractivity contribution in [1.29, 1.82) is 0 Å². The van der Waals surface area contributed by atoms with E-state index in [9.17, 15) is 9.18 Å². The van der Waals surface area contributed by atoms with Crippen molar-refractivity contribution in [3.05, 3.63) is 59.7 Å². The lowest BCUT2D eigenvalue weighted by Gasteiger charge is -2.12. The molecular weight excluding hydrogens is 371 g/mol. The van der Waals surface area contributed by atoms with Gasteiger partial charge in [0.15, 0.2) is 5.82 Å². The molecule has 2 aromatic carbocycles. The van der Waals surface area contributed by atoms with E-state index >= 15 is 0 Å². The van der Waals surface area contributed by atoms with Crippen LogP contribution in [-0.2, 0) is 13.0 Å². The van der Waals surface area contributed by atoms with Crippen molar-refractivity contribution in [3.8, 4) is 17.1 Å². The van der Waals surface area contributed by atoms with Crippen LogP contribution in [-0.4, -0.2) is 27.3 Å². The number of nitrogens with zero attached hydrogens (tertiary/aromatic N) is 3. The number of carbonyl (C=O) groups excluding carboxylic acids is 1. The molecule has 0 radical (unpaired) electrons. The van der Waals surface area contributed by atoms with Crippen LogP contribution in [0, 0.1) is 5.82 Å². The number of rotatable bonds is 5. The van der Waals surface area contributed by atoms with Crippen LogP contribution in [0.25, 0.3) is 11.4 Å². The van der Waals surface area contributed by atoms with Crippen LogP contribution in [0.3, 0.4) is 0 Å². The van der Waals surface area contributed by atoms with Gasteiger partial charge in [0.25, 0.3) is 5.91 Å². The number of aryl methyl sites for hydroxylation is 1. The fourth-order valence-corrected chi connectivity index (χ4v) is 3.58. The van der Waals surface area contributed by atoms with Gasteiger partial charge in [-0.3, -0.25) is 4.79 Å². The normalized spacial score (nSPS) is 13.4. The molecule has 0 unspecified atom stereocenters. The maximum Gasteiger partial charge on any atom is 0.259 e. The van der Waals surface area contributed by atoms with E-state index in [2.05, 4.69) is 20.1 Å². The Morgan fingerprint density at radius 1 is 1.17 bits per heavy atom. The van der Waals surface area contributed by atoms with Gasteiger partial charge in [-0.15, -0.1) is 10.2 Å². The van der Waals surface area contributed by atoms with E-state index in [1.165, 1.54) is 6.07 Å². The summed E-state index contributed by atoms with van der Waals surface area (Å²) < 4.78 is 22.1. The fourth-order valence-electron chi connectivity index (χ4n) is 3.58. The van der Waals surface area contributed by atoms with Crippen molar-refractivity contribution >= 4 is 11.6 Å². The van der Waals surface area contributed by atoms with Crippen molar-refractivity contribution in [2.75, 3.05) is 11.9 Å². The molecule has 1 N–H and O–H groups in total. The van der Waals surface area contributed by atoms with Gasteiger partial charge < -0.3 is 14.6 Å². The number of hydrogen-bond donors (Lipinski definition) is 1. The summed E-state index contributed by atoms with van der Waals surface area (Å²) in [6, 6.07) is 11.5. The van der Waals surface area contributed by atoms with Crippen molar-refractivity contribution in [2.24, 2.45) is 0 Å². The van der Waals surface area contributed by atoms with Gasteiger partial charge in [0.2, 0.25) is 0 Å². The van der Waals surface area contributed by atoms with E-state index in [1.807, 2.05) is 6.92 Å². The van der Waals surface area contributed by atoms with Gasteiger partial charge in [-0.2, -0.15) is 0 Å². The molecule has 1 aliphatic heterocycles. The Labute approximate surface area is 168 Å². The monoisotopic (exact) mass is 394 g/mol. The third-order valence-corrected chi connectivity index (χ3v) is 5.01. The number of anilines is 1. The quantitative estimate of drug-likeness (QED) is 0.694. The number of para-hydroxylation sites is 1. The highest BCUT2D eigenvalue weighted by Crippen LogP contribution is 2.27. The standard InChI is InChI=1S/C22H23FN4O2/c1-2-29-19-9-6-5-8-16(19)22(28)24-18-14-15(11-12-17(18)23)21-26-25-20-10-4-3-7-13-27(20)21/h5-6,8-9,11-12,14H,2-4,7,10,13H2,1H3,(H,24,28). The Bertz CT molecular complexity index is 1030. The number of amides is 1. The van der Waals surface area contributed by atoms with E-state index in [-0.39, 0.29) is 5.69 Å². The van der Waals surface area contributed by atoms with Crippen LogP contribution in [0.15, 0.2) is 42.5 Å². The molecule has 0 fully saturated rings. The molecule has 0 aliphatic carbocycles. The Morgan fingerprint density at radius 3 is 2.90 bits per heavy atom. The summed E-state index contributed by atoms with van der Waals surface area (Å²) in [7, 11) is 0. The van der Waals surface area contributed by atoms with Crippen LogP contribution < -0.4 is 10.1 Å². The number of carbonyl (C=O) groups is 1. The minimum atomic E-state index is -0.508. The van der Waals surface area contributed by atoms with E-state index in [0.29, 0.717) is 23.7 Å². The Balaban J connectivity index is 1.63. The number of aromatic nitrogens is 3. The lowest BCUT2D eigenvalue weighted by molar-refractivity contribution is 0.102. The van der Waals surface area contributed by atoms with Gasteiger partial charge >= 0.3 is 0 Å². The molecule has 0 atom stereocenters. The summed E-state index contributed by atoms with van der Waals surface area (Å²) in [5.74, 6) is 1.19. The first-order valence-electron chi connectivity index (χ1n) is 9.92. The number of halogens is 1. The zero-order valence-electron chi connectivity index (χ0n) is 16.3. The Kier molecular flexibility index (Phi) is 5.55. The molecule has 1 aromatic heterocycles. The maximum atomic E-state index is 14.5. The minimum absolute atomic E-state index is 0.102. The third-order valence-electron chi connectivity index (χ3n) is 5.01. The minimum Gasteiger partial charge on any atom is -0.493 e. The van der Waals surface area contributed by atoms with Crippen LogP contribution in [0.1, 0.15) is 42.4 Å². The van der Waals surface area contributed by atoms with Gasteiger partial charge in [0.1, 0.15) is 17.4 Å². The van der Waals surface area contributed by atoms with Crippen LogP contribution >= 0.6 is 0 Å². The van der Waals surface area contributed by atoms with Gasteiger partial charge in [-0.05, 0) is 50.1 Å². The van der Waals surface area contributed by atoms with E-state index in [0.717, 1.165) is 43.6 Å². The molecular formula is C22H23FN4O2. The zero-order valence-corrected chi connectivity index (χ0v) is 16.3. The van der Waals surface area contributed by atoms with Crippen LogP contribution in [0.5, 0.6) is 5.75 Å². The molecule has 29 heavy (non-hydrogen) atoms. The topological polar surface area (TPSA) is 69.0 Å². The molecule has 0 saturated heterocycles. The molecule has 0 bridgehead atoms. The molecule has 7 heteroatoms. The van der Waals surface area contributed by atoms with Crippen molar-refractivity contribution in [1.82, 2.24) is 14.8 Å². The Hall–Kier alpha value is -3.22. The summed E-state index contributed by atoms with van der Waals surface area (Å²) in [4.78, 5) is 12.7. The van der Waals surface area contributed by atoms with Gasteiger partial charge in [-0.25, -0.2) is 4.39 Å². The third kappa shape index (κ3) is 3.99. The average Bonchev–Trinajstić information content (AvgIpc) is 2.98. The molecule has 2 heterocycles. The van der Waals surface area contributed by atoms with E-state index in [1.54, 1.807) is 36.4 Å². The fraction of sp³-hybridized carbons (Fsp3) is 0.318. The molecule has 0 saturated carbocycles. The van der Waals surface area contributed by atoms with Crippen molar-refractivity contribution in [2.45, 2.75) is 39.2 Å². The summed E-state index contributed by atoms with van der Waals surface area (Å²) in [6.07, 6.45) is 4.22. The number of fused-ring (bicyclic) bond motifs is 1. The number of nitrogens with one attached hydrogen (secondary N) is 1. The van der Waals surface area contributed by atoms with E-state index < -0.39 is 11.7 Å². The molecule has 4 rings (SSSR count). The summed E-state index contributed by atoms with van der Waals surface area (Å²) in [5, 5.41) is 11.3. The molecule has 1 aliphatic rings. The first-order chi connectivity index (χ1) is 14.2. The number of hydrogen-bond acceptors (Lipinski definition) is 4. The average molecular weight is 394 g/mol. The van der Waals surface area contributed by atoms with Gasteiger partial charge in [0, 0.05) is 18.5 Å². The smallest absolute Gasteiger partial charge is 0.259 e. The highest BCUT2D eigenvalue weighted by atomic mass is 19.1. The number of benzene rings is 2. The number of ether oxygens (including phenoxy) is 1. The maximum absolute atomic E-state index is 14.5. The summed E-state index contributed by atoms with van der Waals surface area (Å²) in [5.41, 5.74) is 1.18. The molecule has 3 aromatic rings. The first kappa shape index (κ1) is 19.1. The van der Waals surface area contributed by atoms with Crippen LogP contribution in [0.4, 0.5) is 10.1 Å². The predicted octanol–water partition coefficient (Wildman–Crippen LogP) is 4.46. The van der Waals surface area contributed by atoms with Crippen molar-refractivity contribution < 1.29 is 13.9 Å². The second-order valence-electron chi connectivity index (χ2n) is 6.98. The van der Waals surface area contributed by atoms with E-state index in [4.69, 9.17) is 4.74 Å². The molecule has 150 valence electrons. The first-order valence-corrected chi connectivity index (χ1v) is 9.92. The predicted molar refractivity (Wildman–Crippen MR) is 109 cm³/mol.